The number of aromatic nitrogens is 3. The minimum absolute atomic E-state index is 0.137. The summed E-state index contributed by atoms with van der Waals surface area (Å²) in [5.41, 5.74) is 6.04. The van der Waals surface area contributed by atoms with Gasteiger partial charge < -0.3 is 15.5 Å². The smallest absolute Gasteiger partial charge is 0.265 e. The van der Waals surface area contributed by atoms with Gasteiger partial charge in [0.15, 0.2) is 0 Å². The van der Waals surface area contributed by atoms with E-state index in [2.05, 4.69) is 15.0 Å². The lowest BCUT2D eigenvalue weighted by atomic mass is 10.0. The zero-order valence-corrected chi connectivity index (χ0v) is 11.3. The van der Waals surface area contributed by atoms with Crippen LogP contribution >= 0.6 is 0 Å². The van der Waals surface area contributed by atoms with Crippen LogP contribution in [0.5, 0.6) is 0 Å². The van der Waals surface area contributed by atoms with Gasteiger partial charge in [0.2, 0.25) is 11.9 Å². The van der Waals surface area contributed by atoms with E-state index in [1.807, 2.05) is 0 Å². The molecule has 2 aliphatic heterocycles. The molecule has 21 heavy (non-hydrogen) atoms. The molecule has 9 heteroatoms. The molecule has 3 rings (SSSR count). The van der Waals surface area contributed by atoms with Gasteiger partial charge in [0.05, 0.1) is 12.6 Å². The number of amides is 1. The molecule has 114 valence electrons. The third-order valence-electron chi connectivity index (χ3n) is 3.92. The van der Waals surface area contributed by atoms with Crippen LogP contribution in [0.2, 0.25) is 0 Å². The number of rotatable bonds is 2. The van der Waals surface area contributed by atoms with Crippen LogP contribution < -0.4 is 10.6 Å². The van der Waals surface area contributed by atoms with E-state index in [0.717, 1.165) is 0 Å². The lowest BCUT2D eigenvalue weighted by Crippen LogP contribution is -2.56. The number of nitrogens with two attached hydrogens (primary N) is 1. The number of nitrogens with zero attached hydrogens (tertiary/aromatic N) is 5. The maximum atomic E-state index is 13.5. The first-order valence-electron chi connectivity index (χ1n) is 6.76. The van der Waals surface area contributed by atoms with Gasteiger partial charge in [0.25, 0.3) is 5.92 Å². The van der Waals surface area contributed by atoms with Crippen molar-refractivity contribution in [2.45, 2.75) is 30.8 Å². The van der Waals surface area contributed by atoms with Crippen molar-refractivity contribution in [2.75, 3.05) is 24.5 Å². The van der Waals surface area contributed by atoms with Crippen LogP contribution in [0.1, 0.15) is 12.8 Å². The van der Waals surface area contributed by atoms with Gasteiger partial charge in [-0.2, -0.15) is 0 Å². The summed E-state index contributed by atoms with van der Waals surface area (Å²) in [5, 5.41) is 0. The van der Waals surface area contributed by atoms with Crippen molar-refractivity contribution in [3.05, 3.63) is 12.7 Å². The molecule has 2 saturated heterocycles. The SMILES string of the molecule is N[C@H]1CN(c2ncncn2)C[C@@H]1N1CC(F)(F)CCC1=O. The molecule has 2 atom stereocenters. The molecule has 0 radical (unpaired) electrons. The maximum Gasteiger partial charge on any atom is 0.265 e. The van der Waals surface area contributed by atoms with Crippen LogP contribution in [0.3, 0.4) is 0 Å². The fourth-order valence-corrected chi connectivity index (χ4v) is 2.85. The van der Waals surface area contributed by atoms with Gasteiger partial charge in [-0.15, -0.1) is 0 Å². The van der Waals surface area contributed by atoms with Gasteiger partial charge in [-0.25, -0.2) is 23.7 Å². The lowest BCUT2D eigenvalue weighted by Gasteiger charge is -2.37. The monoisotopic (exact) mass is 298 g/mol. The second-order valence-electron chi connectivity index (χ2n) is 5.45. The predicted octanol–water partition coefficient (Wildman–Crippen LogP) is -0.355. The molecule has 2 fully saturated rings. The topological polar surface area (TPSA) is 88.2 Å². The average Bonchev–Trinajstić information content (AvgIpc) is 2.84. The first-order chi connectivity index (χ1) is 9.96. The molecule has 0 aliphatic carbocycles. The van der Waals surface area contributed by atoms with Crippen LogP contribution in [0, 0.1) is 0 Å². The second-order valence-corrected chi connectivity index (χ2v) is 5.45. The summed E-state index contributed by atoms with van der Waals surface area (Å²) >= 11 is 0. The molecular formula is C12H16F2N6O. The highest BCUT2D eigenvalue weighted by molar-refractivity contribution is 5.78. The molecular weight excluding hydrogens is 282 g/mol. The maximum absolute atomic E-state index is 13.5. The molecule has 0 spiro atoms. The van der Waals surface area contributed by atoms with Crippen molar-refractivity contribution in [1.82, 2.24) is 19.9 Å². The number of anilines is 1. The summed E-state index contributed by atoms with van der Waals surface area (Å²) in [4.78, 5) is 26.7. The van der Waals surface area contributed by atoms with Gasteiger partial charge >= 0.3 is 0 Å². The summed E-state index contributed by atoms with van der Waals surface area (Å²) in [5.74, 6) is -2.66. The Morgan fingerprint density at radius 2 is 2.00 bits per heavy atom. The minimum atomic E-state index is -2.84. The van der Waals surface area contributed by atoms with Crippen molar-refractivity contribution in [1.29, 1.82) is 0 Å². The zero-order valence-electron chi connectivity index (χ0n) is 11.3. The molecule has 1 aromatic rings. The third kappa shape index (κ3) is 2.78. The van der Waals surface area contributed by atoms with E-state index >= 15 is 0 Å². The fraction of sp³-hybridized carbons (Fsp3) is 0.667. The molecule has 0 saturated carbocycles. The molecule has 3 heterocycles. The van der Waals surface area contributed by atoms with Gasteiger partial charge in [0, 0.05) is 32.0 Å². The zero-order chi connectivity index (χ0) is 15.0. The van der Waals surface area contributed by atoms with Crippen LogP contribution in [-0.2, 0) is 4.79 Å². The molecule has 1 amide bonds. The number of hydrogen-bond acceptors (Lipinski definition) is 6. The standard InChI is InChI=1S/C12H16F2N6O/c13-12(14)2-1-10(21)20(5-12)9-4-19(3-8(9)15)11-17-6-16-7-18-11/h6-9H,1-5,15H2/t8-,9-/m0/s1. The van der Waals surface area contributed by atoms with Crippen molar-refractivity contribution in [2.24, 2.45) is 5.73 Å². The second kappa shape index (κ2) is 5.14. The number of carbonyl (C=O) groups excluding carboxylic acids is 1. The van der Waals surface area contributed by atoms with Crippen molar-refractivity contribution < 1.29 is 13.6 Å². The lowest BCUT2D eigenvalue weighted by molar-refractivity contribution is -0.150. The Labute approximate surface area is 120 Å². The molecule has 1 aromatic heterocycles. The molecule has 0 unspecified atom stereocenters. The summed E-state index contributed by atoms with van der Waals surface area (Å²) in [6, 6.07) is -0.847. The largest absolute Gasteiger partial charge is 0.337 e. The first-order valence-corrected chi connectivity index (χ1v) is 6.76. The van der Waals surface area contributed by atoms with Crippen LogP contribution in [0.4, 0.5) is 14.7 Å². The fourth-order valence-electron chi connectivity index (χ4n) is 2.85. The number of carbonyl (C=O) groups is 1. The normalized spacial score (nSPS) is 29.0. The van der Waals surface area contributed by atoms with Gasteiger partial charge in [-0.05, 0) is 0 Å². The van der Waals surface area contributed by atoms with Crippen molar-refractivity contribution >= 4 is 11.9 Å². The predicted molar refractivity (Wildman–Crippen MR) is 69.7 cm³/mol. The quantitative estimate of drug-likeness (QED) is 0.802. The van der Waals surface area contributed by atoms with Gasteiger partial charge in [0.1, 0.15) is 12.7 Å². The van der Waals surface area contributed by atoms with E-state index in [4.69, 9.17) is 5.73 Å². The number of piperidine rings is 1. The molecule has 2 N–H and O–H groups in total. The van der Waals surface area contributed by atoms with Crippen LogP contribution in [0.25, 0.3) is 0 Å². The van der Waals surface area contributed by atoms with E-state index in [1.54, 1.807) is 4.90 Å². The van der Waals surface area contributed by atoms with E-state index in [-0.39, 0.29) is 18.7 Å². The van der Waals surface area contributed by atoms with Crippen LogP contribution in [0.15, 0.2) is 12.7 Å². The summed E-state index contributed by atoms with van der Waals surface area (Å²) in [7, 11) is 0. The van der Waals surface area contributed by atoms with E-state index in [0.29, 0.717) is 19.0 Å². The van der Waals surface area contributed by atoms with E-state index < -0.39 is 24.6 Å². The van der Waals surface area contributed by atoms with Gasteiger partial charge in [-0.3, -0.25) is 4.79 Å². The molecule has 7 nitrogen and oxygen atoms in total. The Morgan fingerprint density at radius 3 is 2.71 bits per heavy atom. The van der Waals surface area contributed by atoms with Gasteiger partial charge in [-0.1, -0.05) is 0 Å². The number of hydrogen-bond donors (Lipinski definition) is 1. The first kappa shape index (κ1) is 14.1. The van der Waals surface area contributed by atoms with Crippen LogP contribution in [-0.4, -0.2) is 63.4 Å². The number of halogens is 2. The Kier molecular flexibility index (Phi) is 3.44. The summed E-state index contributed by atoms with van der Waals surface area (Å²) in [6.07, 6.45) is 2.20. The van der Waals surface area contributed by atoms with Crippen molar-refractivity contribution in [3.63, 3.8) is 0 Å². The van der Waals surface area contributed by atoms with E-state index in [1.165, 1.54) is 17.6 Å². The van der Waals surface area contributed by atoms with Crippen molar-refractivity contribution in [3.8, 4) is 0 Å². The Hall–Kier alpha value is -1.90. The number of likely N-dealkylation sites (tertiary alicyclic amines) is 1. The Balaban J connectivity index is 1.75. The molecule has 0 aromatic carbocycles. The Morgan fingerprint density at radius 1 is 1.29 bits per heavy atom. The highest BCUT2D eigenvalue weighted by Gasteiger charge is 2.45. The third-order valence-corrected chi connectivity index (χ3v) is 3.92. The summed E-state index contributed by atoms with van der Waals surface area (Å²) < 4.78 is 27.1. The Bertz CT molecular complexity index is 528. The average molecular weight is 298 g/mol. The minimum Gasteiger partial charge on any atom is -0.337 e. The highest BCUT2D eigenvalue weighted by Crippen LogP contribution is 2.30. The summed E-state index contributed by atoms with van der Waals surface area (Å²) in [6.45, 7) is 0.215. The number of alkyl halides is 2. The highest BCUT2D eigenvalue weighted by atomic mass is 19.3. The molecule has 2 aliphatic rings. The molecule has 0 bridgehead atoms. The van der Waals surface area contributed by atoms with E-state index in [9.17, 15) is 13.6 Å².